The van der Waals surface area contributed by atoms with Crippen molar-refractivity contribution in [3.05, 3.63) is 40.7 Å². The Balaban J connectivity index is 1.88. The van der Waals surface area contributed by atoms with Gasteiger partial charge in [0, 0.05) is 7.05 Å². The van der Waals surface area contributed by atoms with Crippen molar-refractivity contribution in [2.45, 2.75) is 26.8 Å². The van der Waals surface area contributed by atoms with Crippen LogP contribution in [0, 0.1) is 13.8 Å². The first kappa shape index (κ1) is 15.6. The van der Waals surface area contributed by atoms with Crippen LogP contribution < -0.4 is 5.32 Å². The molecule has 7 heteroatoms. The molecule has 0 spiro atoms. The summed E-state index contributed by atoms with van der Waals surface area (Å²) in [5.74, 6) is 0.321. The van der Waals surface area contributed by atoms with Gasteiger partial charge < -0.3 is 4.57 Å². The number of rotatable bonds is 3. The van der Waals surface area contributed by atoms with Crippen molar-refractivity contribution >= 4 is 34.5 Å². The van der Waals surface area contributed by atoms with E-state index in [4.69, 9.17) is 11.6 Å². The average molecular weight is 332 g/mol. The molecule has 1 unspecified atom stereocenters. The zero-order chi connectivity index (χ0) is 16.7. The van der Waals surface area contributed by atoms with E-state index >= 15 is 0 Å². The molecule has 120 valence electrons. The van der Waals surface area contributed by atoms with Gasteiger partial charge in [0.1, 0.15) is 6.04 Å². The minimum absolute atomic E-state index is 0.189. The predicted molar refractivity (Wildman–Crippen MR) is 90.8 cm³/mol. The summed E-state index contributed by atoms with van der Waals surface area (Å²) in [6.07, 6.45) is 0. The summed E-state index contributed by atoms with van der Waals surface area (Å²) in [6, 6.07) is 7.25. The van der Waals surface area contributed by atoms with Crippen molar-refractivity contribution in [1.29, 1.82) is 0 Å². The molecule has 1 aromatic carbocycles. The molecule has 0 saturated heterocycles. The molecule has 0 aliphatic rings. The second kappa shape index (κ2) is 5.70. The third-order valence-electron chi connectivity index (χ3n) is 4.01. The highest BCUT2D eigenvalue weighted by Crippen LogP contribution is 2.23. The Morgan fingerprint density at radius 1 is 1.30 bits per heavy atom. The summed E-state index contributed by atoms with van der Waals surface area (Å²) < 4.78 is 3.49. The minimum Gasteiger partial charge on any atom is -0.313 e. The molecule has 23 heavy (non-hydrogen) atoms. The molecule has 1 atom stereocenters. The van der Waals surface area contributed by atoms with E-state index < -0.39 is 6.04 Å². The lowest BCUT2D eigenvalue weighted by Crippen LogP contribution is -2.26. The summed E-state index contributed by atoms with van der Waals surface area (Å²) in [4.78, 5) is 17.0. The SMILES string of the molecule is Cc1nn(C(C)C(=O)Nc2nc3ccccc3n2C)c(C)c1Cl. The molecule has 2 heterocycles. The molecule has 0 bridgehead atoms. The number of aromatic nitrogens is 4. The lowest BCUT2D eigenvalue weighted by Gasteiger charge is -2.14. The highest BCUT2D eigenvalue weighted by Gasteiger charge is 2.22. The maximum Gasteiger partial charge on any atom is 0.251 e. The first-order valence-electron chi connectivity index (χ1n) is 7.33. The first-order chi connectivity index (χ1) is 10.9. The van der Waals surface area contributed by atoms with Gasteiger partial charge in [-0.25, -0.2) is 4.98 Å². The van der Waals surface area contributed by atoms with Crippen LogP contribution in [0.2, 0.25) is 5.02 Å². The van der Waals surface area contributed by atoms with Crippen LogP contribution in [0.1, 0.15) is 24.4 Å². The summed E-state index contributed by atoms with van der Waals surface area (Å²) in [6.45, 7) is 5.46. The van der Waals surface area contributed by atoms with Crippen molar-refractivity contribution < 1.29 is 4.79 Å². The number of aryl methyl sites for hydroxylation is 2. The number of nitrogens with zero attached hydrogens (tertiary/aromatic N) is 4. The Kier molecular flexibility index (Phi) is 3.85. The molecule has 0 radical (unpaired) electrons. The van der Waals surface area contributed by atoms with Gasteiger partial charge in [0.05, 0.1) is 27.4 Å². The monoisotopic (exact) mass is 331 g/mol. The third kappa shape index (κ3) is 2.59. The first-order valence-corrected chi connectivity index (χ1v) is 7.71. The number of imidazole rings is 1. The number of hydrogen-bond donors (Lipinski definition) is 1. The number of carbonyl (C=O) groups is 1. The van der Waals surface area contributed by atoms with Crippen LogP contribution in [0.15, 0.2) is 24.3 Å². The molecule has 0 aliphatic carbocycles. The Labute approximate surface area is 139 Å². The molecule has 2 aromatic heterocycles. The van der Waals surface area contributed by atoms with Gasteiger partial charge in [0.2, 0.25) is 5.95 Å². The van der Waals surface area contributed by atoms with Crippen LogP contribution in [-0.4, -0.2) is 25.2 Å². The van der Waals surface area contributed by atoms with E-state index in [0.717, 1.165) is 16.7 Å². The van der Waals surface area contributed by atoms with Crippen molar-refractivity contribution in [3.63, 3.8) is 0 Å². The number of halogens is 1. The molecule has 1 N–H and O–H groups in total. The van der Waals surface area contributed by atoms with Gasteiger partial charge in [0.15, 0.2) is 0 Å². The van der Waals surface area contributed by atoms with Gasteiger partial charge in [-0.3, -0.25) is 14.8 Å². The smallest absolute Gasteiger partial charge is 0.251 e. The summed E-state index contributed by atoms with van der Waals surface area (Å²) in [7, 11) is 1.87. The zero-order valence-corrected chi connectivity index (χ0v) is 14.2. The number of hydrogen-bond acceptors (Lipinski definition) is 3. The second-order valence-electron chi connectivity index (χ2n) is 5.58. The fourth-order valence-electron chi connectivity index (χ4n) is 2.60. The van der Waals surface area contributed by atoms with Crippen molar-refractivity contribution in [3.8, 4) is 0 Å². The Bertz CT molecular complexity index is 895. The quantitative estimate of drug-likeness (QED) is 0.801. The molecule has 6 nitrogen and oxygen atoms in total. The lowest BCUT2D eigenvalue weighted by atomic mass is 10.3. The van der Waals surface area contributed by atoms with E-state index in [1.165, 1.54) is 0 Å². The van der Waals surface area contributed by atoms with Crippen LogP contribution >= 0.6 is 11.6 Å². The maximum absolute atomic E-state index is 12.5. The molecule has 0 fully saturated rings. The van der Waals surface area contributed by atoms with Gasteiger partial charge in [0.25, 0.3) is 5.91 Å². The van der Waals surface area contributed by atoms with E-state index in [1.807, 2.05) is 49.7 Å². The van der Waals surface area contributed by atoms with Crippen LogP contribution in [0.3, 0.4) is 0 Å². The van der Waals surface area contributed by atoms with Gasteiger partial charge >= 0.3 is 0 Å². The second-order valence-corrected chi connectivity index (χ2v) is 5.96. The molecule has 0 aliphatic heterocycles. The summed E-state index contributed by atoms with van der Waals surface area (Å²) in [5.41, 5.74) is 3.29. The average Bonchev–Trinajstić information content (AvgIpc) is 2.99. The van der Waals surface area contributed by atoms with E-state index in [0.29, 0.717) is 16.7 Å². The predicted octanol–water partition coefficient (Wildman–Crippen LogP) is 3.24. The molecule has 0 saturated carbocycles. The molecular weight excluding hydrogens is 314 g/mol. The highest BCUT2D eigenvalue weighted by molar-refractivity contribution is 6.31. The van der Waals surface area contributed by atoms with E-state index in [2.05, 4.69) is 15.4 Å². The van der Waals surface area contributed by atoms with Crippen molar-refractivity contribution in [2.75, 3.05) is 5.32 Å². The van der Waals surface area contributed by atoms with Gasteiger partial charge in [-0.2, -0.15) is 5.10 Å². The summed E-state index contributed by atoms with van der Waals surface area (Å²) in [5, 5.41) is 7.79. The van der Waals surface area contributed by atoms with Crippen LogP contribution in [-0.2, 0) is 11.8 Å². The zero-order valence-electron chi connectivity index (χ0n) is 13.5. The van der Waals surface area contributed by atoms with Gasteiger partial charge in [-0.05, 0) is 32.9 Å². The van der Waals surface area contributed by atoms with E-state index in [9.17, 15) is 4.79 Å². The largest absolute Gasteiger partial charge is 0.313 e. The molecular formula is C16H18ClN5O. The number of para-hydroxylation sites is 2. The number of anilines is 1. The Hall–Kier alpha value is -2.34. The minimum atomic E-state index is -0.485. The van der Waals surface area contributed by atoms with Crippen molar-refractivity contribution in [2.24, 2.45) is 7.05 Å². The van der Waals surface area contributed by atoms with Crippen LogP contribution in [0.4, 0.5) is 5.95 Å². The van der Waals surface area contributed by atoms with Crippen LogP contribution in [0.5, 0.6) is 0 Å². The fraction of sp³-hybridized carbons (Fsp3) is 0.312. The number of carbonyl (C=O) groups excluding carboxylic acids is 1. The van der Waals surface area contributed by atoms with E-state index in [1.54, 1.807) is 11.6 Å². The topological polar surface area (TPSA) is 64.7 Å². The Morgan fingerprint density at radius 2 is 2.00 bits per heavy atom. The number of benzene rings is 1. The van der Waals surface area contributed by atoms with Crippen LogP contribution in [0.25, 0.3) is 11.0 Å². The number of fused-ring (bicyclic) bond motifs is 1. The maximum atomic E-state index is 12.5. The van der Waals surface area contributed by atoms with Gasteiger partial charge in [-0.1, -0.05) is 23.7 Å². The molecule has 1 amide bonds. The third-order valence-corrected chi connectivity index (χ3v) is 4.55. The standard InChI is InChI=1S/C16H18ClN5O/c1-9-14(17)10(2)22(20-9)11(3)15(23)19-16-18-12-7-5-6-8-13(12)21(16)4/h5-8,11H,1-4H3,(H,18,19,23). The molecule has 3 aromatic rings. The highest BCUT2D eigenvalue weighted by atomic mass is 35.5. The molecule has 3 rings (SSSR count). The number of amides is 1. The van der Waals surface area contributed by atoms with E-state index in [-0.39, 0.29) is 5.91 Å². The van der Waals surface area contributed by atoms with Gasteiger partial charge in [-0.15, -0.1) is 0 Å². The Morgan fingerprint density at radius 3 is 2.61 bits per heavy atom. The summed E-state index contributed by atoms with van der Waals surface area (Å²) >= 11 is 6.15. The lowest BCUT2D eigenvalue weighted by molar-refractivity contribution is -0.119. The van der Waals surface area contributed by atoms with Crippen molar-refractivity contribution in [1.82, 2.24) is 19.3 Å². The number of nitrogens with one attached hydrogen (secondary N) is 1. The normalized spacial score (nSPS) is 12.6. The fourth-order valence-corrected chi connectivity index (χ4v) is 2.73.